The van der Waals surface area contributed by atoms with E-state index in [0.717, 1.165) is 10.5 Å². The number of anilines is 2. The van der Waals surface area contributed by atoms with E-state index in [2.05, 4.69) is 15.6 Å². The number of thioether (sulfide) groups is 1. The molecule has 0 fully saturated rings. The van der Waals surface area contributed by atoms with Gasteiger partial charge in [-0.15, -0.1) is 11.8 Å². The number of pyridine rings is 1. The highest BCUT2D eigenvalue weighted by molar-refractivity contribution is 8.00. The summed E-state index contributed by atoms with van der Waals surface area (Å²) in [6, 6.07) is 25.0. The maximum atomic E-state index is 13.2. The van der Waals surface area contributed by atoms with Crippen molar-refractivity contribution in [2.24, 2.45) is 0 Å². The number of nitrogens with one attached hydrogen (secondary N) is 2. The Hall–Kier alpha value is -4.21. The minimum absolute atomic E-state index is 0.0935. The molecule has 4 aromatic rings. The molecule has 0 bridgehead atoms. The molecular weight excluding hydrogens is 500 g/mol. The fraction of sp³-hybridized carbons (Fsp3) is 0.0385. The lowest BCUT2D eigenvalue weighted by molar-refractivity contribution is -0.384. The van der Waals surface area contributed by atoms with Crippen molar-refractivity contribution in [2.75, 3.05) is 10.6 Å². The first-order valence-electron chi connectivity index (χ1n) is 10.7. The van der Waals surface area contributed by atoms with Gasteiger partial charge in [0.05, 0.1) is 9.95 Å². The summed E-state index contributed by atoms with van der Waals surface area (Å²) in [5, 5.41) is 16.3. The average Bonchev–Trinajstić information content (AvgIpc) is 2.89. The van der Waals surface area contributed by atoms with Crippen molar-refractivity contribution < 1.29 is 14.5 Å². The number of non-ortho nitro benzene ring substituents is 1. The van der Waals surface area contributed by atoms with Crippen LogP contribution in [0, 0.1) is 10.1 Å². The van der Waals surface area contributed by atoms with Crippen molar-refractivity contribution in [3.05, 3.63) is 123 Å². The highest BCUT2D eigenvalue weighted by atomic mass is 35.5. The minimum Gasteiger partial charge on any atom is -0.322 e. The molecule has 1 atom stereocenters. The van der Waals surface area contributed by atoms with Crippen LogP contribution in [0.3, 0.4) is 0 Å². The van der Waals surface area contributed by atoms with E-state index in [9.17, 15) is 19.7 Å². The Kier molecular flexibility index (Phi) is 7.94. The van der Waals surface area contributed by atoms with Crippen molar-refractivity contribution in [2.45, 2.75) is 10.1 Å². The lowest BCUT2D eigenvalue weighted by atomic mass is 10.1. The third kappa shape index (κ3) is 6.47. The smallest absolute Gasteiger partial charge is 0.269 e. The molecule has 0 aliphatic carbocycles. The van der Waals surface area contributed by atoms with Crippen molar-refractivity contribution in [1.29, 1.82) is 0 Å². The number of carbonyl (C=O) groups is 2. The van der Waals surface area contributed by atoms with Gasteiger partial charge in [-0.1, -0.05) is 48.0 Å². The van der Waals surface area contributed by atoms with Crippen LogP contribution in [0.1, 0.15) is 21.2 Å². The maximum Gasteiger partial charge on any atom is 0.269 e. The molecule has 0 aliphatic rings. The predicted molar refractivity (Wildman–Crippen MR) is 140 cm³/mol. The van der Waals surface area contributed by atoms with E-state index in [0.29, 0.717) is 16.5 Å². The molecule has 1 heterocycles. The first kappa shape index (κ1) is 24.9. The van der Waals surface area contributed by atoms with Crippen molar-refractivity contribution in [3.8, 4) is 0 Å². The predicted octanol–water partition coefficient (Wildman–Crippen LogP) is 6.37. The Bertz CT molecular complexity index is 1380. The van der Waals surface area contributed by atoms with Crippen LogP contribution in [0.4, 0.5) is 17.2 Å². The van der Waals surface area contributed by atoms with Gasteiger partial charge in [0.25, 0.3) is 11.6 Å². The topological polar surface area (TPSA) is 114 Å². The molecule has 2 amide bonds. The number of hydrogen-bond acceptors (Lipinski definition) is 6. The maximum absolute atomic E-state index is 13.2. The number of nitro benzene ring substituents is 1. The second kappa shape index (κ2) is 11.5. The number of nitro groups is 1. The Morgan fingerprint density at radius 1 is 0.917 bits per heavy atom. The molecule has 0 aliphatic heterocycles. The zero-order valence-corrected chi connectivity index (χ0v) is 20.2. The van der Waals surface area contributed by atoms with Gasteiger partial charge < -0.3 is 10.6 Å². The molecule has 10 heteroatoms. The highest BCUT2D eigenvalue weighted by Crippen LogP contribution is 2.37. The van der Waals surface area contributed by atoms with Gasteiger partial charge in [-0.05, 0) is 48.0 Å². The molecule has 1 aromatic heterocycles. The summed E-state index contributed by atoms with van der Waals surface area (Å²) in [7, 11) is 0. The van der Waals surface area contributed by atoms with Crippen LogP contribution in [0.5, 0.6) is 0 Å². The second-order valence-electron chi connectivity index (χ2n) is 7.55. The van der Waals surface area contributed by atoms with Gasteiger partial charge in [0.1, 0.15) is 11.1 Å². The fourth-order valence-electron chi connectivity index (χ4n) is 3.26. The van der Waals surface area contributed by atoms with Crippen LogP contribution in [0.25, 0.3) is 0 Å². The molecule has 8 nitrogen and oxygen atoms in total. The lowest BCUT2D eigenvalue weighted by Crippen LogP contribution is -2.19. The summed E-state index contributed by atoms with van der Waals surface area (Å²) in [5.74, 6) is -0.283. The average molecular weight is 519 g/mol. The molecular formula is C26H19ClN4O4S. The molecule has 1 unspecified atom stereocenters. The van der Waals surface area contributed by atoms with Crippen LogP contribution in [-0.2, 0) is 4.79 Å². The van der Waals surface area contributed by atoms with Crippen LogP contribution in [0.2, 0.25) is 5.02 Å². The lowest BCUT2D eigenvalue weighted by Gasteiger charge is -2.17. The summed E-state index contributed by atoms with van der Waals surface area (Å²) in [6.07, 6.45) is 1.46. The van der Waals surface area contributed by atoms with E-state index in [-0.39, 0.29) is 17.2 Å². The van der Waals surface area contributed by atoms with Crippen LogP contribution in [0.15, 0.2) is 102 Å². The number of amides is 2. The molecule has 36 heavy (non-hydrogen) atoms. The normalized spacial score (nSPS) is 11.4. The summed E-state index contributed by atoms with van der Waals surface area (Å²) in [4.78, 5) is 41.0. The van der Waals surface area contributed by atoms with E-state index in [1.807, 2.05) is 36.4 Å². The molecule has 180 valence electrons. The molecule has 0 saturated carbocycles. The Morgan fingerprint density at radius 2 is 1.67 bits per heavy atom. The Labute approximate surface area is 215 Å². The summed E-state index contributed by atoms with van der Waals surface area (Å²) < 4.78 is 0. The van der Waals surface area contributed by atoms with Gasteiger partial charge in [0, 0.05) is 34.5 Å². The van der Waals surface area contributed by atoms with Gasteiger partial charge in [0.15, 0.2) is 0 Å². The number of rotatable bonds is 8. The Balaban J connectivity index is 1.51. The van der Waals surface area contributed by atoms with Crippen LogP contribution >= 0.6 is 23.4 Å². The molecule has 2 N–H and O–H groups in total. The van der Waals surface area contributed by atoms with Crippen molar-refractivity contribution in [1.82, 2.24) is 4.98 Å². The first-order chi connectivity index (χ1) is 17.4. The number of nitrogens with zero attached hydrogens (tertiary/aromatic N) is 2. The number of hydrogen-bond donors (Lipinski definition) is 2. The molecule has 4 rings (SSSR count). The number of aromatic nitrogens is 1. The zero-order chi connectivity index (χ0) is 25.5. The third-order valence-corrected chi connectivity index (χ3v) is 6.48. The van der Waals surface area contributed by atoms with Crippen LogP contribution < -0.4 is 10.6 Å². The summed E-state index contributed by atoms with van der Waals surface area (Å²) in [6.45, 7) is 0. The van der Waals surface area contributed by atoms with E-state index in [4.69, 9.17) is 11.6 Å². The highest BCUT2D eigenvalue weighted by Gasteiger charge is 2.23. The van der Waals surface area contributed by atoms with E-state index < -0.39 is 16.1 Å². The summed E-state index contributed by atoms with van der Waals surface area (Å²) in [5.41, 5.74) is 1.52. The van der Waals surface area contributed by atoms with Gasteiger partial charge >= 0.3 is 0 Å². The number of halogens is 1. The molecule has 0 spiro atoms. The quantitative estimate of drug-likeness (QED) is 0.159. The van der Waals surface area contributed by atoms with E-state index >= 15 is 0 Å². The van der Waals surface area contributed by atoms with Crippen molar-refractivity contribution in [3.63, 3.8) is 0 Å². The largest absolute Gasteiger partial charge is 0.322 e. The summed E-state index contributed by atoms with van der Waals surface area (Å²) >= 11 is 7.21. The molecule has 3 aromatic carbocycles. The van der Waals surface area contributed by atoms with Crippen molar-refractivity contribution >= 4 is 52.4 Å². The molecule has 0 radical (unpaired) electrons. The number of benzene rings is 3. The van der Waals surface area contributed by atoms with Crippen LogP contribution in [-0.4, -0.2) is 21.7 Å². The van der Waals surface area contributed by atoms with E-state index in [1.54, 1.807) is 30.3 Å². The minimum atomic E-state index is -0.593. The van der Waals surface area contributed by atoms with Gasteiger partial charge in [-0.25, -0.2) is 4.98 Å². The molecule has 0 saturated heterocycles. The zero-order valence-electron chi connectivity index (χ0n) is 18.6. The number of carbonyl (C=O) groups excluding carboxylic acids is 2. The third-order valence-electron chi connectivity index (χ3n) is 5.01. The van der Waals surface area contributed by atoms with Gasteiger partial charge in [0.2, 0.25) is 5.91 Å². The second-order valence-corrected chi connectivity index (χ2v) is 9.16. The SMILES string of the molecule is O=C(Nc1cccc(SC(C(=O)Nc2ccc(Cl)cn2)c2ccccc2)c1)c1ccc([N+](=O)[O-])cc1. The monoisotopic (exact) mass is 518 g/mol. The van der Waals surface area contributed by atoms with Gasteiger partial charge in [-0.2, -0.15) is 0 Å². The van der Waals surface area contributed by atoms with E-state index in [1.165, 1.54) is 42.2 Å². The fourth-order valence-corrected chi connectivity index (χ4v) is 4.46. The van der Waals surface area contributed by atoms with Gasteiger partial charge in [-0.3, -0.25) is 19.7 Å². The first-order valence-corrected chi connectivity index (χ1v) is 11.9. The standard InChI is InChI=1S/C26H19ClN4O4S/c27-19-11-14-23(28-16-19)30-26(33)24(17-5-2-1-3-6-17)36-22-8-4-7-20(15-22)29-25(32)18-9-12-21(13-10-18)31(34)35/h1-16,24H,(H,29,32)(H,28,30,33). The Morgan fingerprint density at radius 3 is 2.33 bits per heavy atom.